The molecule has 1 aliphatic rings. The van der Waals surface area contributed by atoms with E-state index < -0.39 is 0 Å². The minimum Gasteiger partial charge on any atom is -0.328 e. The Labute approximate surface area is 132 Å². The molecule has 0 aromatic carbocycles. The number of aryl methyl sites for hydroxylation is 1. The molecule has 108 valence electrons. The normalized spacial score (nSPS) is 17.4. The Morgan fingerprint density at radius 2 is 2.25 bits per heavy atom. The van der Waals surface area contributed by atoms with E-state index in [-0.39, 0.29) is 5.91 Å². The predicted octanol–water partition coefficient (Wildman–Crippen LogP) is 2.38. The van der Waals surface area contributed by atoms with E-state index in [4.69, 9.17) is 12.2 Å². The minimum atomic E-state index is -0.0957. The van der Waals surface area contributed by atoms with Crippen LogP contribution in [0.25, 0.3) is 6.08 Å². The van der Waals surface area contributed by atoms with Gasteiger partial charge < -0.3 is 5.32 Å². The van der Waals surface area contributed by atoms with Crippen molar-refractivity contribution in [2.45, 2.75) is 27.3 Å². The second-order valence-electron chi connectivity index (χ2n) is 5.02. The Hall–Kier alpha value is -1.21. The molecule has 0 bridgehead atoms. The molecule has 1 aromatic rings. The average Bonchev–Trinajstić information content (AvgIpc) is 2.85. The molecule has 1 saturated heterocycles. The summed E-state index contributed by atoms with van der Waals surface area (Å²) < 4.78 is 2.66. The van der Waals surface area contributed by atoms with Gasteiger partial charge in [-0.05, 0) is 47.1 Å². The number of nitrogens with one attached hydrogen (secondary N) is 1. The fourth-order valence-corrected chi connectivity index (χ4v) is 2.61. The Kier molecular flexibility index (Phi) is 4.59. The standard InChI is InChI=1S/C13H17BrN4OS/c1-4-17-7-9(14)10(16-17)5-11-12(19)18(6-8(2)3)13(20)15-11/h5,7-8H,4,6H2,1-3H3,(H,15,20)/b11-5+. The smallest absolute Gasteiger partial charge is 0.276 e. The Bertz CT molecular complexity index is 579. The van der Waals surface area contributed by atoms with Crippen LogP contribution in [0.3, 0.4) is 0 Å². The predicted molar refractivity (Wildman–Crippen MR) is 85.9 cm³/mol. The van der Waals surface area contributed by atoms with Crippen molar-refractivity contribution in [3.8, 4) is 0 Å². The molecule has 0 atom stereocenters. The van der Waals surface area contributed by atoms with Crippen molar-refractivity contribution in [2.24, 2.45) is 5.92 Å². The molecule has 7 heteroatoms. The molecule has 1 aromatic heterocycles. The SMILES string of the molecule is CCn1cc(Br)c(/C=C2/NC(=S)N(CC(C)C)C2=O)n1. The van der Waals surface area contributed by atoms with Gasteiger partial charge in [-0.25, -0.2) is 0 Å². The van der Waals surface area contributed by atoms with E-state index in [9.17, 15) is 4.79 Å². The van der Waals surface area contributed by atoms with Gasteiger partial charge in [-0.15, -0.1) is 0 Å². The van der Waals surface area contributed by atoms with E-state index in [1.165, 1.54) is 0 Å². The lowest BCUT2D eigenvalue weighted by molar-refractivity contribution is -0.122. The molecule has 5 nitrogen and oxygen atoms in total. The maximum atomic E-state index is 12.3. The van der Waals surface area contributed by atoms with Crippen LogP contribution in [0.5, 0.6) is 0 Å². The Morgan fingerprint density at radius 3 is 2.80 bits per heavy atom. The molecule has 1 amide bonds. The van der Waals surface area contributed by atoms with E-state index in [2.05, 4.69) is 40.2 Å². The molecule has 0 saturated carbocycles. The summed E-state index contributed by atoms with van der Waals surface area (Å²) in [5.74, 6) is 0.269. The summed E-state index contributed by atoms with van der Waals surface area (Å²) in [6.45, 7) is 7.51. The first kappa shape index (κ1) is 15.2. The third kappa shape index (κ3) is 3.09. The zero-order valence-corrected chi connectivity index (χ0v) is 14.1. The Morgan fingerprint density at radius 1 is 1.55 bits per heavy atom. The van der Waals surface area contributed by atoms with Gasteiger partial charge in [0.2, 0.25) is 0 Å². The number of halogens is 1. The maximum Gasteiger partial charge on any atom is 0.276 e. The van der Waals surface area contributed by atoms with Crippen molar-refractivity contribution in [1.29, 1.82) is 0 Å². The van der Waals surface area contributed by atoms with E-state index in [0.717, 1.165) is 16.7 Å². The van der Waals surface area contributed by atoms with Crippen molar-refractivity contribution in [2.75, 3.05) is 6.54 Å². The van der Waals surface area contributed by atoms with Gasteiger partial charge in [-0.2, -0.15) is 5.10 Å². The number of hydrogen-bond acceptors (Lipinski definition) is 3. The lowest BCUT2D eigenvalue weighted by Crippen LogP contribution is -2.33. The summed E-state index contributed by atoms with van der Waals surface area (Å²) in [4.78, 5) is 13.9. The van der Waals surface area contributed by atoms with Crippen molar-refractivity contribution >= 4 is 45.2 Å². The van der Waals surface area contributed by atoms with Gasteiger partial charge in [0.1, 0.15) is 11.4 Å². The van der Waals surface area contributed by atoms with Crippen LogP contribution in [0.4, 0.5) is 0 Å². The van der Waals surface area contributed by atoms with E-state index >= 15 is 0 Å². The molecule has 2 rings (SSSR count). The van der Waals surface area contributed by atoms with E-state index in [1.54, 1.807) is 15.7 Å². The van der Waals surface area contributed by atoms with Gasteiger partial charge in [0.15, 0.2) is 5.11 Å². The number of aromatic nitrogens is 2. The second-order valence-corrected chi connectivity index (χ2v) is 6.26. The maximum absolute atomic E-state index is 12.3. The summed E-state index contributed by atoms with van der Waals surface area (Å²) in [6.07, 6.45) is 3.61. The summed E-state index contributed by atoms with van der Waals surface area (Å²) in [7, 11) is 0. The molecule has 1 aliphatic heterocycles. The molecule has 20 heavy (non-hydrogen) atoms. The molecule has 2 heterocycles. The molecule has 0 spiro atoms. The number of amides is 1. The van der Waals surface area contributed by atoms with Gasteiger partial charge in [-0.3, -0.25) is 14.4 Å². The molecular formula is C13H17BrN4OS. The zero-order valence-electron chi connectivity index (χ0n) is 11.7. The second kappa shape index (κ2) is 6.05. The van der Waals surface area contributed by atoms with Crippen molar-refractivity contribution in [1.82, 2.24) is 20.0 Å². The Balaban J connectivity index is 2.25. The number of thiocarbonyl (C=S) groups is 1. The topological polar surface area (TPSA) is 50.2 Å². The quantitative estimate of drug-likeness (QED) is 0.664. The van der Waals surface area contributed by atoms with Crippen molar-refractivity contribution in [3.05, 3.63) is 22.1 Å². The summed E-state index contributed by atoms with van der Waals surface area (Å²) in [5.41, 5.74) is 1.19. The number of carbonyl (C=O) groups is 1. The largest absolute Gasteiger partial charge is 0.328 e. The third-order valence-corrected chi connectivity index (χ3v) is 3.79. The summed E-state index contributed by atoms with van der Waals surface area (Å²) >= 11 is 8.65. The molecule has 0 aliphatic carbocycles. The van der Waals surface area contributed by atoms with Crippen molar-refractivity contribution in [3.63, 3.8) is 0 Å². The minimum absolute atomic E-state index is 0.0957. The van der Waals surface area contributed by atoms with Crippen LogP contribution in [0.1, 0.15) is 26.5 Å². The van der Waals surface area contributed by atoms with Gasteiger partial charge in [0.25, 0.3) is 5.91 Å². The van der Waals surface area contributed by atoms with Gasteiger partial charge in [0.05, 0.1) is 4.47 Å². The highest BCUT2D eigenvalue weighted by Crippen LogP contribution is 2.20. The number of hydrogen-bond donors (Lipinski definition) is 1. The van der Waals surface area contributed by atoms with Crippen LogP contribution in [0.15, 0.2) is 16.4 Å². The number of nitrogens with zero attached hydrogens (tertiary/aromatic N) is 3. The number of carbonyl (C=O) groups excluding carboxylic acids is 1. The lowest BCUT2D eigenvalue weighted by atomic mass is 10.2. The van der Waals surface area contributed by atoms with Gasteiger partial charge >= 0.3 is 0 Å². The van der Waals surface area contributed by atoms with E-state index in [1.807, 2.05) is 13.1 Å². The van der Waals surface area contributed by atoms with Gasteiger partial charge in [-0.1, -0.05) is 13.8 Å². The van der Waals surface area contributed by atoms with Crippen LogP contribution in [-0.2, 0) is 11.3 Å². The fourth-order valence-electron chi connectivity index (χ4n) is 1.91. The highest BCUT2D eigenvalue weighted by molar-refractivity contribution is 9.10. The molecule has 0 unspecified atom stereocenters. The van der Waals surface area contributed by atoms with Crippen LogP contribution in [-0.4, -0.2) is 32.2 Å². The molecule has 0 radical (unpaired) electrons. The van der Waals surface area contributed by atoms with Crippen LogP contribution >= 0.6 is 28.1 Å². The molecule has 1 N–H and O–H groups in total. The first-order valence-electron chi connectivity index (χ1n) is 6.49. The monoisotopic (exact) mass is 356 g/mol. The lowest BCUT2D eigenvalue weighted by Gasteiger charge is -2.15. The fraction of sp³-hybridized carbons (Fsp3) is 0.462. The first-order chi connectivity index (χ1) is 9.42. The summed E-state index contributed by atoms with van der Waals surface area (Å²) in [5, 5.41) is 7.80. The van der Waals surface area contributed by atoms with E-state index in [0.29, 0.717) is 23.3 Å². The molecular weight excluding hydrogens is 340 g/mol. The van der Waals surface area contributed by atoms with Crippen molar-refractivity contribution < 1.29 is 4.79 Å². The first-order valence-corrected chi connectivity index (χ1v) is 7.70. The number of rotatable bonds is 4. The van der Waals surface area contributed by atoms with Crippen LogP contribution in [0, 0.1) is 5.92 Å². The van der Waals surface area contributed by atoms with Gasteiger partial charge in [0, 0.05) is 19.3 Å². The average molecular weight is 357 g/mol. The molecule has 1 fully saturated rings. The highest BCUT2D eigenvalue weighted by Gasteiger charge is 2.31. The van der Waals surface area contributed by atoms with Crippen LogP contribution < -0.4 is 5.32 Å². The third-order valence-electron chi connectivity index (χ3n) is 2.86. The highest BCUT2D eigenvalue weighted by atomic mass is 79.9. The zero-order chi connectivity index (χ0) is 14.9. The summed E-state index contributed by atoms with van der Waals surface area (Å²) in [6, 6.07) is 0. The van der Waals surface area contributed by atoms with Crippen LogP contribution in [0.2, 0.25) is 0 Å².